The number of carbonyl (C=O) groups is 1. The molecule has 3 nitrogen and oxygen atoms in total. The van der Waals surface area contributed by atoms with Gasteiger partial charge in [0.1, 0.15) is 5.76 Å². The van der Waals surface area contributed by atoms with Crippen LogP contribution in [0, 0.1) is 0 Å². The average Bonchev–Trinajstić information content (AvgIpc) is 2.83. The number of hydrogen-bond donors (Lipinski definition) is 1. The van der Waals surface area contributed by atoms with Gasteiger partial charge in [-0.1, -0.05) is 18.2 Å². The summed E-state index contributed by atoms with van der Waals surface area (Å²) in [7, 11) is 1.64. The van der Waals surface area contributed by atoms with E-state index in [0.717, 1.165) is 16.9 Å². The van der Waals surface area contributed by atoms with Gasteiger partial charge in [0.2, 0.25) is 5.91 Å². The quantitative estimate of drug-likeness (QED) is 0.853. The van der Waals surface area contributed by atoms with Gasteiger partial charge in [0, 0.05) is 12.6 Å². The van der Waals surface area contributed by atoms with Gasteiger partial charge in [0.25, 0.3) is 0 Å². The first kappa shape index (κ1) is 10.5. The number of benzene rings is 1. The molecule has 0 bridgehead atoms. The fourth-order valence-corrected chi connectivity index (χ4v) is 1.55. The summed E-state index contributed by atoms with van der Waals surface area (Å²) in [6.45, 7) is 0. The maximum Gasteiger partial charge on any atom is 0.224 e. The van der Waals surface area contributed by atoms with Crippen LogP contribution in [0.3, 0.4) is 0 Å². The van der Waals surface area contributed by atoms with Gasteiger partial charge in [-0.05, 0) is 23.8 Å². The van der Waals surface area contributed by atoms with Gasteiger partial charge < -0.3 is 9.73 Å². The summed E-state index contributed by atoms with van der Waals surface area (Å²) in [4.78, 5) is 11.2. The number of rotatable bonds is 3. The highest BCUT2D eigenvalue weighted by molar-refractivity contribution is 5.78. The average molecular weight is 215 g/mol. The molecule has 16 heavy (non-hydrogen) atoms. The molecule has 0 saturated heterocycles. The molecule has 0 aliphatic heterocycles. The molecule has 0 radical (unpaired) electrons. The van der Waals surface area contributed by atoms with E-state index in [0.29, 0.717) is 6.42 Å². The van der Waals surface area contributed by atoms with Gasteiger partial charge in [-0.15, -0.1) is 0 Å². The monoisotopic (exact) mass is 215 g/mol. The van der Waals surface area contributed by atoms with Crippen LogP contribution < -0.4 is 5.32 Å². The Morgan fingerprint density at radius 3 is 2.88 bits per heavy atom. The number of hydrogen-bond acceptors (Lipinski definition) is 2. The Hall–Kier alpha value is -2.03. The molecule has 1 amide bonds. The molecule has 1 N–H and O–H groups in total. The molecular formula is C13H13NO2. The van der Waals surface area contributed by atoms with Gasteiger partial charge in [-0.25, -0.2) is 0 Å². The van der Waals surface area contributed by atoms with Crippen molar-refractivity contribution in [1.82, 2.24) is 5.32 Å². The molecule has 3 heteroatoms. The van der Waals surface area contributed by atoms with Crippen molar-refractivity contribution >= 4 is 5.91 Å². The van der Waals surface area contributed by atoms with Crippen LogP contribution in [0.4, 0.5) is 0 Å². The number of furan rings is 1. The molecule has 0 aliphatic carbocycles. The molecule has 1 aromatic carbocycles. The summed E-state index contributed by atoms with van der Waals surface area (Å²) in [6, 6.07) is 11.5. The lowest BCUT2D eigenvalue weighted by Crippen LogP contribution is -2.19. The Morgan fingerprint density at radius 2 is 2.19 bits per heavy atom. The van der Waals surface area contributed by atoms with Crippen molar-refractivity contribution in [3.05, 3.63) is 48.2 Å². The Labute approximate surface area is 94.1 Å². The van der Waals surface area contributed by atoms with Gasteiger partial charge in [0.05, 0.1) is 12.7 Å². The molecule has 0 fully saturated rings. The number of carbonyl (C=O) groups excluding carboxylic acids is 1. The molecule has 2 rings (SSSR count). The second kappa shape index (κ2) is 4.66. The molecule has 0 spiro atoms. The van der Waals surface area contributed by atoms with E-state index in [4.69, 9.17) is 4.42 Å². The minimum absolute atomic E-state index is 0.0107. The molecule has 1 aromatic heterocycles. The van der Waals surface area contributed by atoms with Crippen LogP contribution in [0.25, 0.3) is 11.3 Å². The fraction of sp³-hybridized carbons (Fsp3) is 0.154. The van der Waals surface area contributed by atoms with Crippen LogP contribution in [-0.2, 0) is 11.2 Å². The number of amides is 1. The molecular weight excluding hydrogens is 202 g/mol. The van der Waals surface area contributed by atoms with Crippen LogP contribution in [0.5, 0.6) is 0 Å². The smallest absolute Gasteiger partial charge is 0.224 e. The van der Waals surface area contributed by atoms with Crippen LogP contribution >= 0.6 is 0 Å². The van der Waals surface area contributed by atoms with Crippen molar-refractivity contribution in [1.29, 1.82) is 0 Å². The van der Waals surface area contributed by atoms with E-state index in [-0.39, 0.29) is 5.91 Å². The van der Waals surface area contributed by atoms with Crippen LogP contribution in [-0.4, -0.2) is 13.0 Å². The highest BCUT2D eigenvalue weighted by Crippen LogP contribution is 2.20. The SMILES string of the molecule is CNC(=O)Cc1cccc(-c2ccco2)c1. The Kier molecular flexibility index (Phi) is 3.05. The topological polar surface area (TPSA) is 42.2 Å². The van der Waals surface area contributed by atoms with E-state index < -0.39 is 0 Å². The second-order valence-electron chi connectivity index (χ2n) is 3.53. The summed E-state index contributed by atoms with van der Waals surface area (Å²) in [5.74, 6) is 0.829. The van der Waals surface area contributed by atoms with Crippen molar-refractivity contribution in [3.63, 3.8) is 0 Å². The summed E-state index contributed by atoms with van der Waals surface area (Å²) >= 11 is 0. The highest BCUT2D eigenvalue weighted by Gasteiger charge is 2.04. The summed E-state index contributed by atoms with van der Waals surface area (Å²) in [6.07, 6.45) is 2.03. The largest absolute Gasteiger partial charge is 0.464 e. The van der Waals surface area contributed by atoms with Crippen LogP contribution in [0.2, 0.25) is 0 Å². The van der Waals surface area contributed by atoms with Crippen molar-refractivity contribution in [2.45, 2.75) is 6.42 Å². The van der Waals surface area contributed by atoms with E-state index in [1.165, 1.54) is 0 Å². The molecule has 0 saturated carbocycles. The zero-order valence-corrected chi connectivity index (χ0v) is 9.07. The lowest BCUT2D eigenvalue weighted by Gasteiger charge is -2.02. The van der Waals surface area contributed by atoms with Crippen LogP contribution in [0.1, 0.15) is 5.56 Å². The summed E-state index contributed by atoms with van der Waals surface area (Å²) < 4.78 is 5.31. The van der Waals surface area contributed by atoms with E-state index >= 15 is 0 Å². The highest BCUT2D eigenvalue weighted by atomic mass is 16.3. The second-order valence-corrected chi connectivity index (χ2v) is 3.53. The Morgan fingerprint density at radius 1 is 1.31 bits per heavy atom. The fourth-order valence-electron chi connectivity index (χ4n) is 1.55. The summed E-state index contributed by atoms with van der Waals surface area (Å²) in [5, 5.41) is 2.61. The predicted octanol–water partition coefficient (Wildman–Crippen LogP) is 2.24. The molecule has 0 unspecified atom stereocenters. The third kappa shape index (κ3) is 2.31. The van der Waals surface area contributed by atoms with Crippen molar-refractivity contribution in [2.24, 2.45) is 0 Å². The first-order valence-electron chi connectivity index (χ1n) is 5.13. The van der Waals surface area contributed by atoms with E-state index in [1.807, 2.05) is 36.4 Å². The van der Waals surface area contributed by atoms with E-state index in [9.17, 15) is 4.79 Å². The van der Waals surface area contributed by atoms with E-state index in [2.05, 4.69) is 5.32 Å². The standard InChI is InChI=1S/C13H13NO2/c1-14-13(15)9-10-4-2-5-11(8-10)12-6-3-7-16-12/h2-8H,9H2,1H3,(H,14,15). The molecule has 2 aromatic rings. The van der Waals surface area contributed by atoms with Gasteiger partial charge in [0.15, 0.2) is 0 Å². The van der Waals surface area contributed by atoms with E-state index in [1.54, 1.807) is 13.3 Å². The third-order valence-electron chi connectivity index (χ3n) is 2.38. The third-order valence-corrected chi connectivity index (χ3v) is 2.38. The van der Waals surface area contributed by atoms with Crippen molar-refractivity contribution in [3.8, 4) is 11.3 Å². The number of nitrogens with one attached hydrogen (secondary N) is 1. The molecule has 1 heterocycles. The lowest BCUT2D eigenvalue weighted by molar-refractivity contribution is -0.119. The minimum Gasteiger partial charge on any atom is -0.464 e. The first-order valence-corrected chi connectivity index (χ1v) is 5.13. The summed E-state index contributed by atoms with van der Waals surface area (Å²) in [5.41, 5.74) is 1.97. The van der Waals surface area contributed by atoms with Gasteiger partial charge in [-0.3, -0.25) is 4.79 Å². The number of likely N-dealkylation sites (N-methyl/N-ethyl adjacent to an activating group) is 1. The van der Waals surface area contributed by atoms with Gasteiger partial charge in [-0.2, -0.15) is 0 Å². The van der Waals surface area contributed by atoms with Gasteiger partial charge >= 0.3 is 0 Å². The lowest BCUT2D eigenvalue weighted by atomic mass is 10.1. The van der Waals surface area contributed by atoms with Crippen molar-refractivity contribution < 1.29 is 9.21 Å². The molecule has 0 aliphatic rings. The Balaban J connectivity index is 2.23. The normalized spacial score (nSPS) is 10.1. The maximum atomic E-state index is 11.2. The molecule has 0 atom stereocenters. The zero-order chi connectivity index (χ0) is 11.4. The van der Waals surface area contributed by atoms with Crippen LogP contribution in [0.15, 0.2) is 47.1 Å². The molecule has 82 valence electrons. The maximum absolute atomic E-state index is 11.2. The predicted molar refractivity (Wildman–Crippen MR) is 61.9 cm³/mol. The Bertz CT molecular complexity index is 474. The zero-order valence-electron chi connectivity index (χ0n) is 9.07. The first-order chi connectivity index (χ1) is 7.79. The minimum atomic E-state index is 0.0107. The van der Waals surface area contributed by atoms with Crippen molar-refractivity contribution in [2.75, 3.05) is 7.05 Å².